The highest BCUT2D eigenvalue weighted by atomic mass is 19.3. The van der Waals surface area contributed by atoms with Gasteiger partial charge in [0, 0.05) is 0 Å². The van der Waals surface area contributed by atoms with E-state index in [1.54, 1.807) is 0 Å². The number of aromatic carboxylic acids is 1. The van der Waals surface area contributed by atoms with Crippen molar-refractivity contribution >= 4 is 5.97 Å². The molecule has 1 aromatic carbocycles. The zero-order valence-electron chi connectivity index (χ0n) is 10.6. The van der Waals surface area contributed by atoms with Gasteiger partial charge in [-0.15, -0.1) is 0 Å². The second-order valence-electron chi connectivity index (χ2n) is 3.91. The normalized spacial score (nSPS) is 13.2. The maximum Gasteiger partial charge on any atom is 0.342 e. The van der Waals surface area contributed by atoms with E-state index >= 15 is 0 Å². The largest absolute Gasteiger partial charge is 0.493 e. The summed E-state index contributed by atoms with van der Waals surface area (Å²) in [6.45, 7) is 0.788. The van der Waals surface area contributed by atoms with Crippen LogP contribution in [-0.2, 0) is 0 Å². The first-order chi connectivity index (χ1) is 9.20. The van der Waals surface area contributed by atoms with Gasteiger partial charge in [-0.25, -0.2) is 13.6 Å². The van der Waals surface area contributed by atoms with Crippen LogP contribution in [0.25, 0.3) is 0 Å². The molecule has 0 saturated heterocycles. The molecule has 1 atom stereocenters. The van der Waals surface area contributed by atoms with Gasteiger partial charge in [-0.05, 0) is 25.1 Å². The first-order valence-corrected chi connectivity index (χ1v) is 5.44. The molecule has 0 amide bonds. The highest BCUT2D eigenvalue weighted by Crippen LogP contribution is 2.34. The van der Waals surface area contributed by atoms with E-state index in [9.17, 15) is 22.4 Å². The number of alkyl halides is 4. The van der Waals surface area contributed by atoms with Crippen molar-refractivity contribution in [1.82, 2.24) is 0 Å². The van der Waals surface area contributed by atoms with E-state index in [0.717, 1.165) is 25.1 Å². The fourth-order valence-corrected chi connectivity index (χ4v) is 1.34. The van der Waals surface area contributed by atoms with Gasteiger partial charge in [-0.1, -0.05) is 0 Å². The van der Waals surface area contributed by atoms with E-state index in [2.05, 4.69) is 0 Å². The van der Waals surface area contributed by atoms with Crippen molar-refractivity contribution in [3.05, 3.63) is 23.8 Å². The number of rotatable bonds is 6. The summed E-state index contributed by atoms with van der Waals surface area (Å²) in [7, 11) is 1.17. The summed E-state index contributed by atoms with van der Waals surface area (Å²) in [5, 5.41) is 8.76. The molecule has 0 fully saturated rings. The number of carbonyl (C=O) groups is 1. The third-order valence-electron chi connectivity index (χ3n) is 2.55. The van der Waals surface area contributed by atoms with Gasteiger partial charge in [0.05, 0.1) is 12.7 Å². The molecule has 4 nitrogen and oxygen atoms in total. The SMILES string of the molecule is COc1cc(C(=O)O)ccc1OC(C)C(F)(F)C(F)F. The highest BCUT2D eigenvalue weighted by Gasteiger charge is 2.48. The number of ether oxygens (including phenoxy) is 2. The molecule has 20 heavy (non-hydrogen) atoms. The number of hydrogen-bond acceptors (Lipinski definition) is 3. The fourth-order valence-electron chi connectivity index (χ4n) is 1.34. The number of carboxylic acids is 1. The van der Waals surface area contributed by atoms with Gasteiger partial charge >= 0.3 is 18.3 Å². The molecule has 1 N–H and O–H groups in total. The molecule has 0 radical (unpaired) electrons. The molecule has 0 aliphatic heterocycles. The summed E-state index contributed by atoms with van der Waals surface area (Å²) in [4.78, 5) is 10.7. The molecule has 0 aliphatic carbocycles. The van der Waals surface area contributed by atoms with E-state index in [4.69, 9.17) is 14.6 Å². The van der Waals surface area contributed by atoms with Crippen LogP contribution in [0.2, 0.25) is 0 Å². The van der Waals surface area contributed by atoms with Crippen LogP contribution in [0.4, 0.5) is 17.6 Å². The minimum absolute atomic E-state index is 0.137. The van der Waals surface area contributed by atoms with Gasteiger partial charge in [0.1, 0.15) is 0 Å². The number of carboxylic acid groups (broad SMARTS) is 1. The van der Waals surface area contributed by atoms with Crippen molar-refractivity contribution < 1.29 is 36.9 Å². The Morgan fingerprint density at radius 3 is 2.35 bits per heavy atom. The van der Waals surface area contributed by atoms with Gasteiger partial charge in [0.2, 0.25) is 0 Å². The smallest absolute Gasteiger partial charge is 0.342 e. The second-order valence-corrected chi connectivity index (χ2v) is 3.91. The Morgan fingerprint density at radius 2 is 1.90 bits per heavy atom. The van der Waals surface area contributed by atoms with E-state index in [1.807, 2.05) is 0 Å². The van der Waals surface area contributed by atoms with E-state index in [1.165, 1.54) is 7.11 Å². The number of benzene rings is 1. The van der Waals surface area contributed by atoms with Gasteiger partial charge in [0.25, 0.3) is 0 Å². The standard InChI is InChI=1S/C12H12F4O4/c1-6(12(15,16)11(13)14)20-8-4-3-7(10(17)18)5-9(8)19-2/h3-6,11H,1-2H3,(H,17,18). The minimum atomic E-state index is -4.34. The summed E-state index contributed by atoms with van der Waals surface area (Å²) >= 11 is 0. The lowest BCUT2D eigenvalue weighted by Crippen LogP contribution is -2.42. The van der Waals surface area contributed by atoms with Crippen molar-refractivity contribution in [1.29, 1.82) is 0 Å². The molecule has 0 spiro atoms. The van der Waals surface area contributed by atoms with Crippen LogP contribution in [0, 0.1) is 0 Å². The Labute approximate surface area is 111 Å². The summed E-state index contributed by atoms with van der Waals surface area (Å²) in [5.41, 5.74) is -0.150. The summed E-state index contributed by atoms with van der Waals surface area (Å²) in [6.07, 6.45) is -5.98. The first-order valence-electron chi connectivity index (χ1n) is 5.44. The zero-order chi connectivity index (χ0) is 15.5. The lowest BCUT2D eigenvalue weighted by Gasteiger charge is -2.24. The Bertz CT molecular complexity index is 490. The molecule has 0 aliphatic rings. The molecular weight excluding hydrogens is 284 g/mol. The van der Waals surface area contributed by atoms with Crippen LogP contribution in [0.15, 0.2) is 18.2 Å². The van der Waals surface area contributed by atoms with Crippen LogP contribution >= 0.6 is 0 Å². The lowest BCUT2D eigenvalue weighted by atomic mass is 10.2. The Hall–Kier alpha value is -1.99. The molecular formula is C12H12F4O4. The van der Waals surface area contributed by atoms with Crippen LogP contribution in [0.1, 0.15) is 17.3 Å². The quantitative estimate of drug-likeness (QED) is 0.820. The second kappa shape index (κ2) is 5.98. The van der Waals surface area contributed by atoms with E-state index in [-0.39, 0.29) is 17.1 Å². The van der Waals surface area contributed by atoms with Gasteiger partial charge in [-0.2, -0.15) is 8.78 Å². The summed E-state index contributed by atoms with van der Waals surface area (Å²) < 4.78 is 60.0. The van der Waals surface area contributed by atoms with Gasteiger partial charge < -0.3 is 14.6 Å². The van der Waals surface area contributed by atoms with E-state index < -0.39 is 24.4 Å². The number of methoxy groups -OCH3 is 1. The predicted molar refractivity (Wildman–Crippen MR) is 61.0 cm³/mol. The molecule has 112 valence electrons. The molecule has 0 heterocycles. The highest BCUT2D eigenvalue weighted by molar-refractivity contribution is 5.88. The fraction of sp³-hybridized carbons (Fsp3) is 0.417. The van der Waals surface area contributed by atoms with Crippen molar-refractivity contribution in [3.8, 4) is 11.5 Å². The Kier molecular flexibility index (Phi) is 4.80. The van der Waals surface area contributed by atoms with Crippen LogP contribution in [0.3, 0.4) is 0 Å². The molecule has 0 saturated carbocycles. The summed E-state index contributed by atoms with van der Waals surface area (Å²) in [5.74, 6) is -5.97. The topological polar surface area (TPSA) is 55.8 Å². The third kappa shape index (κ3) is 3.31. The summed E-state index contributed by atoms with van der Waals surface area (Å²) in [6, 6.07) is 3.21. The lowest BCUT2D eigenvalue weighted by molar-refractivity contribution is -0.178. The molecule has 0 bridgehead atoms. The average Bonchev–Trinajstić information content (AvgIpc) is 2.38. The zero-order valence-corrected chi connectivity index (χ0v) is 10.6. The monoisotopic (exact) mass is 296 g/mol. The van der Waals surface area contributed by atoms with Crippen LogP contribution in [0.5, 0.6) is 11.5 Å². The minimum Gasteiger partial charge on any atom is -0.493 e. The average molecular weight is 296 g/mol. The maximum atomic E-state index is 13.1. The predicted octanol–water partition coefficient (Wildman–Crippen LogP) is 3.06. The molecule has 0 aromatic heterocycles. The Balaban J connectivity index is 3.01. The number of halogens is 4. The van der Waals surface area contributed by atoms with Crippen LogP contribution in [-0.4, -0.2) is 36.6 Å². The van der Waals surface area contributed by atoms with Crippen molar-refractivity contribution in [2.45, 2.75) is 25.4 Å². The molecule has 1 aromatic rings. The molecule has 1 unspecified atom stereocenters. The van der Waals surface area contributed by atoms with Crippen LogP contribution < -0.4 is 9.47 Å². The maximum absolute atomic E-state index is 13.1. The Morgan fingerprint density at radius 1 is 1.30 bits per heavy atom. The first kappa shape index (κ1) is 16.1. The number of hydrogen-bond donors (Lipinski definition) is 1. The van der Waals surface area contributed by atoms with Crippen molar-refractivity contribution in [2.24, 2.45) is 0 Å². The van der Waals surface area contributed by atoms with Gasteiger partial charge in [0.15, 0.2) is 17.6 Å². The van der Waals surface area contributed by atoms with Crippen molar-refractivity contribution in [2.75, 3.05) is 7.11 Å². The third-order valence-corrected chi connectivity index (χ3v) is 2.55. The molecule has 1 rings (SSSR count). The van der Waals surface area contributed by atoms with Crippen molar-refractivity contribution in [3.63, 3.8) is 0 Å². The van der Waals surface area contributed by atoms with E-state index in [0.29, 0.717) is 0 Å². The van der Waals surface area contributed by atoms with Gasteiger partial charge in [-0.3, -0.25) is 0 Å². The molecule has 8 heteroatoms.